The Morgan fingerprint density at radius 3 is 2.80 bits per heavy atom. The molecule has 2 nitrogen and oxygen atoms in total. The lowest BCUT2D eigenvalue weighted by Gasteiger charge is -2.20. The molecule has 2 aromatic rings. The topological polar surface area (TPSA) is 12.5 Å². The molecule has 134 valence electrons. The van der Waals surface area contributed by atoms with Crippen molar-refractivity contribution in [1.82, 2.24) is 4.90 Å². The van der Waals surface area contributed by atoms with Gasteiger partial charge in [0.25, 0.3) is 0 Å². The Balaban J connectivity index is 1.51. The van der Waals surface area contributed by atoms with E-state index in [4.69, 9.17) is 27.9 Å². The first-order valence-corrected chi connectivity index (χ1v) is 9.77. The second kappa shape index (κ2) is 8.93. The summed E-state index contributed by atoms with van der Waals surface area (Å²) in [6.07, 6.45) is 4.50. The summed E-state index contributed by atoms with van der Waals surface area (Å²) in [7, 11) is 0. The summed E-state index contributed by atoms with van der Waals surface area (Å²) in [6, 6.07) is 14.6. The van der Waals surface area contributed by atoms with E-state index in [0.29, 0.717) is 10.0 Å². The summed E-state index contributed by atoms with van der Waals surface area (Å²) in [4.78, 5) is 2.56. The minimum atomic E-state index is 0.665. The molecule has 0 aromatic heterocycles. The molecule has 0 saturated carbocycles. The Morgan fingerprint density at radius 2 is 2.04 bits per heavy atom. The van der Waals surface area contributed by atoms with E-state index in [0.717, 1.165) is 43.3 Å². The van der Waals surface area contributed by atoms with E-state index in [1.54, 1.807) is 6.07 Å². The molecule has 1 heterocycles. The van der Waals surface area contributed by atoms with Crippen LogP contribution in [0.5, 0.6) is 5.75 Å². The zero-order valence-corrected chi connectivity index (χ0v) is 16.2. The summed E-state index contributed by atoms with van der Waals surface area (Å²) < 4.78 is 5.95. The predicted molar refractivity (Wildman–Crippen MR) is 106 cm³/mol. The van der Waals surface area contributed by atoms with E-state index in [1.165, 1.54) is 24.9 Å². The average molecular weight is 378 g/mol. The van der Waals surface area contributed by atoms with Gasteiger partial charge in [-0.25, -0.2) is 0 Å². The van der Waals surface area contributed by atoms with Crippen LogP contribution in [0.1, 0.15) is 37.3 Å². The van der Waals surface area contributed by atoms with E-state index >= 15 is 0 Å². The van der Waals surface area contributed by atoms with Crippen LogP contribution in [-0.2, 0) is 6.42 Å². The number of rotatable bonds is 7. The van der Waals surface area contributed by atoms with Gasteiger partial charge in [-0.05, 0) is 74.5 Å². The van der Waals surface area contributed by atoms with Crippen molar-refractivity contribution in [2.24, 2.45) is 0 Å². The highest BCUT2D eigenvalue weighted by Gasteiger charge is 2.19. The lowest BCUT2D eigenvalue weighted by Crippen LogP contribution is -2.28. The van der Waals surface area contributed by atoms with Gasteiger partial charge < -0.3 is 9.64 Å². The quantitative estimate of drug-likeness (QED) is 0.562. The van der Waals surface area contributed by atoms with E-state index in [2.05, 4.69) is 24.0 Å². The smallest absolute Gasteiger partial charge is 0.119 e. The first kappa shape index (κ1) is 18.6. The lowest BCUT2D eigenvalue weighted by molar-refractivity contribution is 0.230. The maximum atomic E-state index is 6.28. The van der Waals surface area contributed by atoms with Crippen molar-refractivity contribution in [2.45, 2.75) is 38.6 Å². The number of halogens is 2. The fourth-order valence-electron chi connectivity index (χ4n) is 3.41. The molecule has 0 N–H and O–H groups in total. The van der Waals surface area contributed by atoms with Crippen molar-refractivity contribution in [3.63, 3.8) is 0 Å². The van der Waals surface area contributed by atoms with Gasteiger partial charge in [0, 0.05) is 22.6 Å². The molecule has 0 amide bonds. The number of ether oxygens (including phenoxy) is 1. The maximum absolute atomic E-state index is 6.28. The number of hydrogen-bond donors (Lipinski definition) is 0. The van der Waals surface area contributed by atoms with E-state index < -0.39 is 0 Å². The maximum Gasteiger partial charge on any atom is 0.119 e. The van der Waals surface area contributed by atoms with Gasteiger partial charge in [0.1, 0.15) is 5.75 Å². The Labute approximate surface area is 160 Å². The molecule has 1 aliphatic heterocycles. The van der Waals surface area contributed by atoms with Gasteiger partial charge in [-0.15, -0.1) is 0 Å². The van der Waals surface area contributed by atoms with E-state index in [9.17, 15) is 0 Å². The molecular weight excluding hydrogens is 353 g/mol. The first-order chi connectivity index (χ1) is 12.1. The molecule has 1 aliphatic rings. The Hall–Kier alpha value is -1.22. The van der Waals surface area contributed by atoms with Gasteiger partial charge in [-0.3, -0.25) is 0 Å². The van der Waals surface area contributed by atoms with Crippen LogP contribution in [0.3, 0.4) is 0 Å². The first-order valence-electron chi connectivity index (χ1n) is 9.01. The predicted octanol–water partition coefficient (Wildman–Crippen LogP) is 5.84. The van der Waals surface area contributed by atoms with Crippen molar-refractivity contribution >= 4 is 23.2 Å². The fraction of sp³-hybridized carbons (Fsp3) is 0.429. The summed E-state index contributed by atoms with van der Waals surface area (Å²) >= 11 is 12.2. The molecular formula is C21H25Cl2NO. The molecule has 0 aliphatic carbocycles. The zero-order valence-electron chi connectivity index (χ0n) is 14.7. The fourth-order valence-corrected chi connectivity index (χ4v) is 3.89. The Morgan fingerprint density at radius 1 is 1.16 bits per heavy atom. The molecule has 1 fully saturated rings. The largest absolute Gasteiger partial charge is 0.494 e. The van der Waals surface area contributed by atoms with Crippen molar-refractivity contribution in [1.29, 1.82) is 0 Å². The van der Waals surface area contributed by atoms with Crippen LogP contribution in [0.25, 0.3) is 0 Å². The summed E-state index contributed by atoms with van der Waals surface area (Å²) in [5.41, 5.74) is 2.26. The van der Waals surface area contributed by atoms with Crippen molar-refractivity contribution in [3.8, 4) is 5.75 Å². The van der Waals surface area contributed by atoms with Gasteiger partial charge in [0.15, 0.2) is 0 Å². The van der Waals surface area contributed by atoms with Gasteiger partial charge in [0.05, 0.1) is 6.61 Å². The van der Waals surface area contributed by atoms with Crippen LogP contribution in [0.4, 0.5) is 0 Å². The highest BCUT2D eigenvalue weighted by atomic mass is 35.5. The third kappa shape index (κ3) is 5.37. The standard InChI is InChI=1S/C21H25Cl2NO/c1-16-5-3-10-24(16)11-4-12-25-20-7-2-6-17(14-20)13-18-8-9-19(22)15-21(18)23/h2,6-9,14-16H,3-5,10-13H2,1H3. The Bertz CT molecular complexity index is 704. The van der Waals surface area contributed by atoms with Crippen LogP contribution in [-0.4, -0.2) is 30.6 Å². The van der Waals surface area contributed by atoms with Gasteiger partial charge in [0.2, 0.25) is 0 Å². The minimum absolute atomic E-state index is 0.665. The van der Waals surface area contributed by atoms with Crippen molar-refractivity contribution in [3.05, 3.63) is 63.6 Å². The number of hydrogen-bond acceptors (Lipinski definition) is 2. The van der Waals surface area contributed by atoms with E-state index in [-0.39, 0.29) is 0 Å². The second-order valence-corrected chi connectivity index (χ2v) is 7.63. The second-order valence-electron chi connectivity index (χ2n) is 6.79. The van der Waals surface area contributed by atoms with Crippen molar-refractivity contribution < 1.29 is 4.74 Å². The highest BCUT2D eigenvalue weighted by Crippen LogP contribution is 2.25. The molecule has 0 spiro atoms. The molecule has 2 aromatic carbocycles. The SMILES string of the molecule is CC1CCCN1CCCOc1cccc(Cc2ccc(Cl)cc2Cl)c1. The highest BCUT2D eigenvalue weighted by molar-refractivity contribution is 6.35. The lowest BCUT2D eigenvalue weighted by atomic mass is 10.0. The molecule has 4 heteroatoms. The summed E-state index contributed by atoms with van der Waals surface area (Å²) in [6.45, 7) is 5.44. The van der Waals surface area contributed by atoms with Gasteiger partial charge in [-0.1, -0.05) is 41.4 Å². The molecule has 25 heavy (non-hydrogen) atoms. The van der Waals surface area contributed by atoms with Gasteiger partial charge in [-0.2, -0.15) is 0 Å². The van der Waals surface area contributed by atoms with Crippen LogP contribution < -0.4 is 4.74 Å². The van der Waals surface area contributed by atoms with E-state index in [1.807, 2.05) is 24.3 Å². The average Bonchev–Trinajstić information content (AvgIpc) is 3.00. The molecule has 0 bridgehead atoms. The van der Waals surface area contributed by atoms with Crippen molar-refractivity contribution in [2.75, 3.05) is 19.7 Å². The molecule has 1 saturated heterocycles. The third-order valence-corrected chi connectivity index (χ3v) is 5.44. The van der Waals surface area contributed by atoms with Crippen LogP contribution in [0, 0.1) is 0 Å². The zero-order chi connectivity index (χ0) is 17.6. The van der Waals surface area contributed by atoms with Crippen LogP contribution in [0.2, 0.25) is 10.0 Å². The molecule has 1 atom stereocenters. The molecule has 3 rings (SSSR count). The molecule has 1 unspecified atom stereocenters. The Kier molecular flexibility index (Phi) is 6.63. The normalized spacial score (nSPS) is 17.8. The van der Waals surface area contributed by atoms with Crippen LogP contribution >= 0.6 is 23.2 Å². The number of benzene rings is 2. The van der Waals surface area contributed by atoms with Gasteiger partial charge >= 0.3 is 0 Å². The monoisotopic (exact) mass is 377 g/mol. The third-order valence-electron chi connectivity index (χ3n) is 4.86. The van der Waals surface area contributed by atoms with Crippen LogP contribution in [0.15, 0.2) is 42.5 Å². The number of nitrogens with zero attached hydrogens (tertiary/aromatic N) is 1. The summed E-state index contributed by atoms with van der Waals surface area (Å²) in [5.74, 6) is 0.928. The minimum Gasteiger partial charge on any atom is -0.494 e. The summed E-state index contributed by atoms with van der Waals surface area (Å²) in [5, 5.41) is 1.37. The molecule has 0 radical (unpaired) electrons. The number of likely N-dealkylation sites (tertiary alicyclic amines) is 1.